The smallest absolute Gasteiger partial charge is 0.243 e. The Morgan fingerprint density at radius 2 is 0.885 bits per heavy atom. The van der Waals surface area contributed by atoms with E-state index in [1.807, 2.05) is 0 Å². The van der Waals surface area contributed by atoms with E-state index in [1.165, 1.54) is 0 Å². The lowest BCUT2D eigenvalue weighted by Crippen LogP contribution is -2.19. The molecule has 13 N–H and O–H groups in total. The summed E-state index contributed by atoms with van der Waals surface area (Å²) in [5.41, 5.74) is 16.7. The largest absolute Gasteiger partial charge is 0.412 e. The molecule has 2 rings (SSSR count). The molecule has 0 amide bonds. The molecule has 2 aromatic heterocycles. The van der Waals surface area contributed by atoms with E-state index in [4.69, 9.17) is 63.4 Å². The summed E-state index contributed by atoms with van der Waals surface area (Å²) < 4.78 is 0. The van der Waals surface area contributed by atoms with Crippen molar-refractivity contribution in [2.45, 2.75) is 0 Å². The molecule has 0 saturated carbocycles. The first-order chi connectivity index (χ1) is 12.0. The lowest BCUT2D eigenvalue weighted by molar-refractivity contribution is 0.824. The second-order valence-corrected chi connectivity index (χ2v) is 3.90. The van der Waals surface area contributed by atoms with Crippen LogP contribution in [0.4, 0.5) is 17.8 Å². The Hall–Kier alpha value is -2.18. The van der Waals surface area contributed by atoms with Crippen molar-refractivity contribution in [2.24, 2.45) is 17.5 Å². The number of hydrogen-bond acceptors (Lipinski definition) is 15. The van der Waals surface area contributed by atoms with E-state index in [-0.39, 0.29) is 40.6 Å². The number of nitrogens with two attached hydrogens (primary N) is 3. The predicted molar refractivity (Wildman–Crippen MR) is 104 cm³/mol. The monoisotopic (exact) mass is 450 g/mol. The lowest BCUT2D eigenvalue weighted by atomic mass is 10.8. The van der Waals surface area contributed by atoms with Crippen LogP contribution in [0.2, 0.25) is 15.9 Å². The molecule has 2 heterocycles. The second-order valence-electron chi connectivity index (χ2n) is 2.88. The van der Waals surface area contributed by atoms with Crippen LogP contribution < -0.4 is 33.8 Å². The standard InChI is InChI=1S/C3Cl3N3.C3H9N9.CH2S.H2N2.H2O.H2/c4-1-7-2(5)9-3(6)8-1;4-10-1-7-2(11-5)9-3(8-1)12-6;2*1-2;;/h;4-6H2,(H3,7,8,9,10,11,12);1H2;1-2H;1H2;1H. The molecule has 15 nitrogen and oxygen atoms in total. The lowest BCUT2D eigenvalue weighted by Gasteiger charge is -2.03. The van der Waals surface area contributed by atoms with Gasteiger partial charge in [-0.15, -0.1) is 0 Å². The highest BCUT2D eigenvalue weighted by Gasteiger charge is 2.01. The number of thiocarbonyl (C=S) groups is 1. The minimum atomic E-state index is 0. The van der Waals surface area contributed by atoms with Crippen LogP contribution in [0, 0.1) is 11.1 Å². The highest BCUT2D eigenvalue weighted by molar-refractivity contribution is 7.77. The van der Waals surface area contributed by atoms with Crippen molar-refractivity contribution in [1.29, 1.82) is 11.1 Å². The van der Waals surface area contributed by atoms with Crippen molar-refractivity contribution in [2.75, 3.05) is 16.3 Å². The van der Waals surface area contributed by atoms with Gasteiger partial charge in [0.05, 0.1) is 0 Å². The number of hydrogen-bond donors (Lipinski definition) is 8. The number of anilines is 3. The number of aromatic nitrogens is 6. The number of nitrogens with one attached hydrogen (secondary N) is 5. The summed E-state index contributed by atoms with van der Waals surface area (Å²) in [6, 6.07) is 0. The normalized spacial score (nSPS) is 7.92. The first-order valence-corrected chi connectivity index (χ1v) is 7.12. The highest BCUT2D eigenvalue weighted by atomic mass is 35.5. The van der Waals surface area contributed by atoms with Gasteiger partial charge in [-0.2, -0.15) is 29.9 Å². The van der Waals surface area contributed by atoms with Crippen LogP contribution in [0.15, 0.2) is 0 Å². The van der Waals surface area contributed by atoms with Gasteiger partial charge in [0.2, 0.25) is 33.7 Å². The number of nitrogen functional groups attached to an aromatic ring is 3. The Morgan fingerprint density at radius 1 is 0.692 bits per heavy atom. The van der Waals surface area contributed by atoms with Gasteiger partial charge in [0, 0.05) is 1.43 Å². The molecule has 2 aromatic rings. The van der Waals surface area contributed by atoms with Gasteiger partial charge < -0.3 is 5.48 Å². The minimum Gasteiger partial charge on any atom is -0.412 e. The van der Waals surface area contributed by atoms with Crippen LogP contribution in [0.3, 0.4) is 0 Å². The number of halogens is 3. The fourth-order valence-electron chi connectivity index (χ4n) is 0.873. The summed E-state index contributed by atoms with van der Waals surface area (Å²) in [5.74, 6) is 18.5. The van der Waals surface area contributed by atoms with Crippen LogP contribution >= 0.6 is 47.0 Å². The van der Waals surface area contributed by atoms with E-state index < -0.39 is 0 Å². The van der Waals surface area contributed by atoms with E-state index in [0.717, 1.165) is 0 Å². The van der Waals surface area contributed by atoms with E-state index >= 15 is 0 Å². The maximum atomic E-state index is 5.32. The molecule has 0 aliphatic carbocycles. The van der Waals surface area contributed by atoms with Gasteiger partial charge in [0.1, 0.15) is 0 Å². The van der Waals surface area contributed by atoms with Gasteiger partial charge >= 0.3 is 0 Å². The van der Waals surface area contributed by atoms with E-state index in [1.54, 1.807) is 0 Å². The van der Waals surface area contributed by atoms with Crippen LogP contribution in [0.25, 0.3) is 0 Å². The molecule has 19 heteroatoms. The predicted octanol–water partition coefficient (Wildman–Crippen LogP) is 0.194. The van der Waals surface area contributed by atoms with Crippen molar-refractivity contribution in [3.8, 4) is 0 Å². The van der Waals surface area contributed by atoms with E-state index in [9.17, 15) is 0 Å². The molecule has 0 bridgehead atoms. The molecule has 0 atom stereocenters. The fourth-order valence-corrected chi connectivity index (χ4v) is 1.48. The first kappa shape index (κ1) is 28.6. The van der Waals surface area contributed by atoms with Gasteiger partial charge in [-0.25, -0.2) is 28.6 Å². The third kappa shape index (κ3) is 12.2. The minimum absolute atomic E-state index is 0. The van der Waals surface area contributed by atoms with Gasteiger partial charge in [-0.3, -0.25) is 16.3 Å². The zero-order chi connectivity index (χ0) is 19.8. The topological polar surface area (TPSA) is 271 Å². The highest BCUT2D eigenvalue weighted by Crippen LogP contribution is 2.08. The molecule has 0 aromatic carbocycles. The van der Waals surface area contributed by atoms with Crippen molar-refractivity contribution >= 4 is 70.7 Å². The quantitative estimate of drug-likeness (QED) is 0.134. The fraction of sp³-hybridized carbons (Fsp3) is 0. The van der Waals surface area contributed by atoms with Crippen LogP contribution in [0.5, 0.6) is 0 Å². The average Bonchev–Trinajstić information content (AvgIpc) is 2.63. The molecule has 0 unspecified atom stereocenters. The Bertz CT molecular complexity index is 536. The van der Waals surface area contributed by atoms with Crippen LogP contribution in [0.1, 0.15) is 1.43 Å². The van der Waals surface area contributed by atoms with Crippen molar-refractivity contribution in [1.82, 2.24) is 29.9 Å². The maximum absolute atomic E-state index is 5.32. The summed E-state index contributed by atoms with van der Waals surface area (Å²) in [7, 11) is 0. The number of nitrogens with zero attached hydrogens (tertiary/aromatic N) is 6. The van der Waals surface area contributed by atoms with Crippen molar-refractivity contribution in [3.05, 3.63) is 15.9 Å². The first-order valence-electron chi connectivity index (χ1n) is 5.40. The summed E-state index contributed by atoms with van der Waals surface area (Å²) in [6.07, 6.45) is 0. The molecule has 0 fully saturated rings. The van der Waals surface area contributed by atoms with Crippen LogP contribution in [-0.4, -0.2) is 41.3 Å². The van der Waals surface area contributed by atoms with Gasteiger partial charge in [-0.1, -0.05) is 12.2 Å². The second kappa shape index (κ2) is 17.6. The zero-order valence-electron chi connectivity index (χ0n) is 12.7. The molecule has 0 spiro atoms. The Labute approximate surface area is 168 Å². The SMILES string of the molecule is C=S.Clc1nc(Cl)nc(Cl)n1.N=N.NNc1nc(NN)nc(NN)n1.O.[HH]. The van der Waals surface area contributed by atoms with Gasteiger partial charge in [-0.05, 0) is 40.7 Å². The van der Waals surface area contributed by atoms with Gasteiger partial charge in [0.15, 0.2) is 0 Å². The molecular weight excluding hydrogens is 435 g/mol. The summed E-state index contributed by atoms with van der Waals surface area (Å²) >= 11 is 19.8. The molecule has 0 aliphatic heterocycles. The van der Waals surface area contributed by atoms with Crippen molar-refractivity contribution < 1.29 is 6.90 Å². The molecule has 0 saturated heterocycles. The molecule has 0 aliphatic rings. The summed E-state index contributed by atoms with van der Waals surface area (Å²) in [6.45, 7) is 0. The third-order valence-corrected chi connectivity index (χ3v) is 2.08. The zero-order valence-corrected chi connectivity index (χ0v) is 15.7. The number of hydrazine groups is 3. The molecule has 26 heavy (non-hydrogen) atoms. The maximum Gasteiger partial charge on any atom is 0.243 e. The number of rotatable bonds is 3. The molecule has 0 radical (unpaired) electrons. The van der Waals surface area contributed by atoms with E-state index in [2.05, 4.69) is 64.3 Å². The Morgan fingerprint density at radius 3 is 1.04 bits per heavy atom. The van der Waals surface area contributed by atoms with Crippen molar-refractivity contribution in [3.63, 3.8) is 0 Å². The molecular formula is C7H17Cl3N14OS. The third-order valence-electron chi connectivity index (χ3n) is 1.58. The summed E-state index contributed by atoms with van der Waals surface area (Å²) in [5, 5.41) is 0.00000000000000178. The van der Waals surface area contributed by atoms with E-state index in [0.29, 0.717) is 0 Å². The average molecular weight is 452 g/mol. The van der Waals surface area contributed by atoms with Crippen LogP contribution in [-0.2, 0) is 0 Å². The van der Waals surface area contributed by atoms with Gasteiger partial charge in [0.25, 0.3) is 0 Å². The Kier molecular flexibility index (Phi) is 19.4. The Balaban J connectivity index is -0.000000159. The summed E-state index contributed by atoms with van der Waals surface area (Å²) in [4.78, 5) is 21.6. The molecule has 148 valence electrons.